The van der Waals surface area contributed by atoms with Crippen LogP contribution in [0.15, 0.2) is 72.8 Å². The number of anilines is 1. The Kier molecular flexibility index (Phi) is 4.93. The number of rotatable bonds is 6. The van der Waals surface area contributed by atoms with Crippen molar-refractivity contribution in [3.05, 3.63) is 72.8 Å². The van der Waals surface area contributed by atoms with Crippen molar-refractivity contribution >= 4 is 22.6 Å². The van der Waals surface area contributed by atoms with E-state index in [4.69, 9.17) is 9.47 Å². The summed E-state index contributed by atoms with van der Waals surface area (Å²) in [7, 11) is 1.56. The Bertz CT molecular complexity index is 1090. The minimum Gasteiger partial charge on any atom is -0.495 e. The predicted octanol–water partition coefficient (Wildman–Crippen LogP) is 4.26. The van der Waals surface area contributed by atoms with Gasteiger partial charge in [0.1, 0.15) is 17.3 Å². The van der Waals surface area contributed by atoms with E-state index in [0.717, 1.165) is 16.6 Å². The van der Waals surface area contributed by atoms with Crippen molar-refractivity contribution in [3.63, 3.8) is 0 Å². The highest BCUT2D eigenvalue weighted by Crippen LogP contribution is 2.29. The second-order valence-corrected chi connectivity index (χ2v) is 6.14. The Labute approximate surface area is 162 Å². The molecule has 1 heterocycles. The fourth-order valence-electron chi connectivity index (χ4n) is 2.95. The molecule has 4 rings (SSSR count). The fourth-order valence-corrected chi connectivity index (χ4v) is 2.95. The van der Waals surface area contributed by atoms with Crippen LogP contribution in [0.3, 0.4) is 0 Å². The minimum absolute atomic E-state index is 0.130. The van der Waals surface area contributed by atoms with Crippen molar-refractivity contribution in [2.75, 3.05) is 19.0 Å². The van der Waals surface area contributed by atoms with E-state index in [1.54, 1.807) is 19.2 Å². The molecule has 0 aliphatic carbocycles. The maximum Gasteiger partial charge on any atom is 0.262 e. The van der Waals surface area contributed by atoms with Gasteiger partial charge < -0.3 is 19.8 Å². The van der Waals surface area contributed by atoms with Crippen LogP contribution in [0.1, 0.15) is 0 Å². The number of methoxy groups -OCH3 is 1. The predicted molar refractivity (Wildman–Crippen MR) is 109 cm³/mol. The molecule has 3 aromatic carbocycles. The standard InChI is InChI=1S/C22H19N3O3/c1-27-20-13-7-5-11-18(20)23-21(26)14-28-19-12-6-2-8-15(19)22-24-16-9-3-4-10-17(16)25-22/h2-13H,14H2,1H3,(H,23,26)(H,24,25). The second-order valence-electron chi connectivity index (χ2n) is 6.14. The number of nitrogens with zero attached hydrogens (tertiary/aromatic N) is 1. The maximum atomic E-state index is 12.3. The molecular weight excluding hydrogens is 354 g/mol. The van der Waals surface area contributed by atoms with Gasteiger partial charge in [-0.15, -0.1) is 0 Å². The summed E-state index contributed by atoms with van der Waals surface area (Å²) < 4.78 is 11.0. The summed E-state index contributed by atoms with van der Waals surface area (Å²) in [6.07, 6.45) is 0. The van der Waals surface area contributed by atoms with Gasteiger partial charge >= 0.3 is 0 Å². The van der Waals surface area contributed by atoms with Gasteiger partial charge in [-0.3, -0.25) is 4.79 Å². The van der Waals surface area contributed by atoms with E-state index in [9.17, 15) is 4.79 Å². The number of aromatic nitrogens is 2. The Morgan fingerprint density at radius 3 is 2.50 bits per heavy atom. The Balaban J connectivity index is 1.50. The van der Waals surface area contributed by atoms with E-state index < -0.39 is 0 Å². The number of H-pyrrole nitrogens is 1. The maximum absolute atomic E-state index is 12.3. The van der Waals surface area contributed by atoms with Crippen LogP contribution in [0.2, 0.25) is 0 Å². The molecule has 6 nitrogen and oxygen atoms in total. The van der Waals surface area contributed by atoms with Crippen molar-refractivity contribution in [1.29, 1.82) is 0 Å². The number of benzene rings is 3. The first-order chi connectivity index (χ1) is 13.7. The molecule has 1 aromatic heterocycles. The lowest BCUT2D eigenvalue weighted by molar-refractivity contribution is -0.118. The largest absolute Gasteiger partial charge is 0.495 e. The van der Waals surface area contributed by atoms with Crippen molar-refractivity contribution in [3.8, 4) is 22.9 Å². The van der Waals surface area contributed by atoms with E-state index >= 15 is 0 Å². The topological polar surface area (TPSA) is 76.2 Å². The molecule has 0 saturated carbocycles. The quantitative estimate of drug-likeness (QED) is 0.530. The lowest BCUT2D eigenvalue weighted by Crippen LogP contribution is -2.20. The molecule has 0 unspecified atom stereocenters. The number of carbonyl (C=O) groups excluding carboxylic acids is 1. The number of aromatic amines is 1. The molecule has 0 bridgehead atoms. The zero-order valence-electron chi connectivity index (χ0n) is 15.3. The molecule has 0 spiro atoms. The Morgan fingerprint density at radius 2 is 1.68 bits per heavy atom. The van der Waals surface area contributed by atoms with Gasteiger partial charge in [-0.25, -0.2) is 4.98 Å². The average Bonchev–Trinajstić information content (AvgIpc) is 3.17. The van der Waals surface area contributed by atoms with Gasteiger partial charge in [0.05, 0.1) is 29.4 Å². The highest BCUT2D eigenvalue weighted by molar-refractivity contribution is 5.93. The third-order valence-corrected chi connectivity index (χ3v) is 4.27. The molecule has 4 aromatic rings. The molecular formula is C22H19N3O3. The molecule has 0 aliphatic heterocycles. The first-order valence-corrected chi connectivity index (χ1v) is 8.84. The Morgan fingerprint density at radius 1 is 0.964 bits per heavy atom. The van der Waals surface area contributed by atoms with E-state index in [0.29, 0.717) is 23.0 Å². The number of ether oxygens (including phenoxy) is 2. The van der Waals surface area contributed by atoms with Gasteiger partial charge in [0, 0.05) is 0 Å². The normalized spacial score (nSPS) is 10.6. The zero-order chi connectivity index (χ0) is 19.3. The minimum atomic E-state index is -0.274. The smallest absolute Gasteiger partial charge is 0.262 e. The molecule has 1 amide bonds. The first kappa shape index (κ1) is 17.6. The SMILES string of the molecule is COc1ccccc1NC(=O)COc1ccccc1-c1nc2ccccc2[nH]1. The molecule has 6 heteroatoms. The van der Waals surface area contributed by atoms with Gasteiger partial charge in [0.2, 0.25) is 0 Å². The number of fused-ring (bicyclic) bond motifs is 1. The summed E-state index contributed by atoms with van der Waals surface area (Å²) in [6.45, 7) is -0.130. The fraction of sp³-hybridized carbons (Fsp3) is 0.0909. The van der Waals surface area contributed by atoms with Crippen LogP contribution in [-0.4, -0.2) is 29.6 Å². The van der Waals surface area contributed by atoms with Crippen LogP contribution in [-0.2, 0) is 4.79 Å². The van der Waals surface area contributed by atoms with Crippen LogP contribution in [0.5, 0.6) is 11.5 Å². The number of para-hydroxylation sites is 5. The third kappa shape index (κ3) is 3.66. The highest BCUT2D eigenvalue weighted by Gasteiger charge is 2.13. The second kappa shape index (κ2) is 7.84. The van der Waals surface area contributed by atoms with E-state index in [2.05, 4.69) is 15.3 Å². The summed E-state index contributed by atoms with van der Waals surface area (Å²) in [4.78, 5) is 20.2. The van der Waals surface area contributed by atoms with E-state index in [-0.39, 0.29) is 12.5 Å². The van der Waals surface area contributed by atoms with Gasteiger partial charge in [0.25, 0.3) is 5.91 Å². The van der Waals surface area contributed by atoms with Crippen molar-refractivity contribution in [2.24, 2.45) is 0 Å². The number of imidazole rings is 1. The molecule has 0 saturated heterocycles. The van der Waals surface area contributed by atoms with E-state index in [1.807, 2.05) is 60.7 Å². The van der Waals surface area contributed by atoms with Crippen molar-refractivity contribution in [2.45, 2.75) is 0 Å². The van der Waals surface area contributed by atoms with Crippen LogP contribution >= 0.6 is 0 Å². The number of amides is 1. The van der Waals surface area contributed by atoms with Gasteiger partial charge in [-0.2, -0.15) is 0 Å². The zero-order valence-corrected chi connectivity index (χ0v) is 15.3. The lowest BCUT2D eigenvalue weighted by atomic mass is 10.2. The van der Waals surface area contributed by atoms with Crippen molar-refractivity contribution < 1.29 is 14.3 Å². The van der Waals surface area contributed by atoms with Gasteiger partial charge in [-0.05, 0) is 36.4 Å². The van der Waals surface area contributed by atoms with Crippen LogP contribution in [0.4, 0.5) is 5.69 Å². The summed E-state index contributed by atoms with van der Waals surface area (Å²) in [5.74, 6) is 1.60. The molecule has 28 heavy (non-hydrogen) atoms. The lowest BCUT2D eigenvalue weighted by Gasteiger charge is -2.12. The summed E-state index contributed by atoms with van der Waals surface area (Å²) in [5.41, 5.74) is 3.22. The van der Waals surface area contributed by atoms with Crippen molar-refractivity contribution in [1.82, 2.24) is 9.97 Å². The summed E-state index contributed by atoms with van der Waals surface area (Å²) in [6, 6.07) is 22.5. The molecule has 2 N–H and O–H groups in total. The monoisotopic (exact) mass is 373 g/mol. The van der Waals surface area contributed by atoms with Gasteiger partial charge in [-0.1, -0.05) is 36.4 Å². The molecule has 0 fully saturated rings. The van der Waals surface area contributed by atoms with Gasteiger partial charge in [0.15, 0.2) is 6.61 Å². The molecule has 0 aliphatic rings. The number of hydrogen-bond donors (Lipinski definition) is 2. The van der Waals surface area contributed by atoms with Crippen LogP contribution < -0.4 is 14.8 Å². The average molecular weight is 373 g/mol. The highest BCUT2D eigenvalue weighted by atomic mass is 16.5. The summed E-state index contributed by atoms with van der Waals surface area (Å²) in [5, 5.41) is 2.80. The van der Waals surface area contributed by atoms with Crippen LogP contribution in [0, 0.1) is 0 Å². The Hall–Kier alpha value is -3.80. The number of nitrogens with one attached hydrogen (secondary N) is 2. The molecule has 0 atom stereocenters. The van der Waals surface area contributed by atoms with E-state index in [1.165, 1.54) is 0 Å². The number of carbonyl (C=O) groups is 1. The van der Waals surface area contributed by atoms with Crippen LogP contribution in [0.25, 0.3) is 22.4 Å². The molecule has 140 valence electrons. The first-order valence-electron chi connectivity index (χ1n) is 8.84. The third-order valence-electron chi connectivity index (χ3n) is 4.27. The molecule has 0 radical (unpaired) electrons. The number of hydrogen-bond acceptors (Lipinski definition) is 4. The summed E-state index contributed by atoms with van der Waals surface area (Å²) >= 11 is 0.